The second-order valence-electron chi connectivity index (χ2n) is 9.45. The molecule has 1 aliphatic heterocycles. The van der Waals surface area contributed by atoms with E-state index in [9.17, 15) is 14.0 Å². The Labute approximate surface area is 210 Å². The highest BCUT2D eigenvalue weighted by molar-refractivity contribution is 6.30. The molecule has 3 aromatic rings. The van der Waals surface area contributed by atoms with Crippen LogP contribution in [0.4, 0.5) is 4.39 Å². The van der Waals surface area contributed by atoms with Crippen LogP contribution in [-0.2, 0) is 4.79 Å². The molecule has 2 heterocycles. The van der Waals surface area contributed by atoms with E-state index in [1.165, 1.54) is 12.1 Å². The molecular formula is C28H29ClFN3O2. The first-order chi connectivity index (χ1) is 16.9. The number of carbonyl (C=O) groups excluding carboxylic acids is 2. The van der Waals surface area contributed by atoms with Gasteiger partial charge in [0, 0.05) is 48.5 Å². The van der Waals surface area contributed by atoms with Crippen molar-refractivity contribution in [1.29, 1.82) is 0 Å². The van der Waals surface area contributed by atoms with Crippen LogP contribution in [0.25, 0.3) is 16.9 Å². The van der Waals surface area contributed by atoms with Gasteiger partial charge < -0.3 is 14.4 Å². The van der Waals surface area contributed by atoms with Gasteiger partial charge in [-0.15, -0.1) is 0 Å². The number of benzene rings is 2. The zero-order chi connectivity index (χ0) is 24.5. The van der Waals surface area contributed by atoms with Crippen LogP contribution in [0.15, 0.2) is 54.6 Å². The van der Waals surface area contributed by atoms with Crippen molar-refractivity contribution >= 4 is 23.4 Å². The van der Waals surface area contributed by atoms with E-state index in [1.807, 2.05) is 45.6 Å². The topological polar surface area (TPSA) is 45.6 Å². The van der Waals surface area contributed by atoms with Crippen molar-refractivity contribution in [3.8, 4) is 16.9 Å². The predicted molar refractivity (Wildman–Crippen MR) is 135 cm³/mol. The van der Waals surface area contributed by atoms with Gasteiger partial charge in [0.2, 0.25) is 5.91 Å². The van der Waals surface area contributed by atoms with Gasteiger partial charge in [-0.05, 0) is 61.7 Å². The van der Waals surface area contributed by atoms with Gasteiger partial charge in [-0.1, -0.05) is 42.6 Å². The van der Waals surface area contributed by atoms with Crippen LogP contribution in [0, 0.1) is 18.7 Å². The third-order valence-corrected chi connectivity index (χ3v) is 7.52. The van der Waals surface area contributed by atoms with Crippen molar-refractivity contribution in [2.75, 3.05) is 26.2 Å². The zero-order valence-electron chi connectivity index (χ0n) is 19.8. The van der Waals surface area contributed by atoms with Crippen molar-refractivity contribution in [1.82, 2.24) is 14.4 Å². The number of rotatable bonds is 4. The van der Waals surface area contributed by atoms with Crippen molar-refractivity contribution in [3.05, 3.63) is 76.7 Å². The van der Waals surface area contributed by atoms with Crippen molar-refractivity contribution in [3.63, 3.8) is 0 Å². The zero-order valence-corrected chi connectivity index (χ0v) is 20.6. The summed E-state index contributed by atoms with van der Waals surface area (Å²) in [6.07, 6.45) is 4.23. The van der Waals surface area contributed by atoms with Crippen molar-refractivity contribution in [2.24, 2.45) is 5.92 Å². The van der Waals surface area contributed by atoms with Gasteiger partial charge >= 0.3 is 0 Å². The van der Waals surface area contributed by atoms with Crippen LogP contribution in [-0.4, -0.2) is 52.4 Å². The SMILES string of the molecule is Cc1c(C(=O)N2CCN(C(=O)C3CCCC3)CC2)cc(-c2ccc(Cl)cc2)n1-c1cccc(F)c1. The summed E-state index contributed by atoms with van der Waals surface area (Å²) in [5.41, 5.74) is 3.65. The second kappa shape index (κ2) is 9.86. The molecule has 2 amide bonds. The van der Waals surface area contributed by atoms with Crippen molar-refractivity contribution in [2.45, 2.75) is 32.6 Å². The number of nitrogens with zero attached hydrogens (tertiary/aromatic N) is 3. The molecule has 1 aromatic heterocycles. The molecule has 0 atom stereocenters. The predicted octanol–water partition coefficient (Wildman–Crippen LogP) is 5.72. The molecule has 5 rings (SSSR count). The normalized spacial score (nSPS) is 16.7. The Hall–Kier alpha value is -3.12. The van der Waals surface area contributed by atoms with Gasteiger partial charge in [0.1, 0.15) is 5.82 Å². The molecule has 1 saturated carbocycles. The maximum Gasteiger partial charge on any atom is 0.255 e. The van der Waals surface area contributed by atoms with E-state index < -0.39 is 0 Å². The largest absolute Gasteiger partial charge is 0.339 e. The fourth-order valence-corrected chi connectivity index (χ4v) is 5.46. The van der Waals surface area contributed by atoms with Gasteiger partial charge in [-0.2, -0.15) is 0 Å². The van der Waals surface area contributed by atoms with E-state index >= 15 is 0 Å². The number of hydrogen-bond acceptors (Lipinski definition) is 2. The Morgan fingerprint density at radius 2 is 1.57 bits per heavy atom. The molecule has 7 heteroatoms. The van der Waals surface area contributed by atoms with E-state index in [0.29, 0.717) is 42.5 Å². The van der Waals surface area contributed by atoms with Crippen LogP contribution in [0.3, 0.4) is 0 Å². The Kier molecular flexibility index (Phi) is 6.65. The molecule has 0 unspecified atom stereocenters. The Morgan fingerprint density at radius 1 is 0.914 bits per heavy atom. The van der Waals surface area contributed by atoms with E-state index in [0.717, 1.165) is 42.6 Å². The molecule has 0 bridgehead atoms. The lowest BCUT2D eigenvalue weighted by Crippen LogP contribution is -2.51. The van der Waals surface area contributed by atoms with Crippen LogP contribution >= 0.6 is 11.6 Å². The molecule has 35 heavy (non-hydrogen) atoms. The van der Waals surface area contributed by atoms with E-state index in [1.54, 1.807) is 18.2 Å². The quantitative estimate of drug-likeness (QED) is 0.466. The molecule has 0 N–H and O–H groups in total. The number of piperazine rings is 1. The van der Waals surface area contributed by atoms with Gasteiger partial charge in [0.15, 0.2) is 0 Å². The minimum atomic E-state index is -0.339. The summed E-state index contributed by atoms with van der Waals surface area (Å²) in [4.78, 5) is 30.2. The standard InChI is InChI=1S/C28H29ClFN3O2/c1-19-25(28(35)32-15-13-31(14-16-32)27(34)21-5-2-3-6-21)18-26(20-9-11-22(29)12-10-20)33(19)24-8-4-7-23(30)17-24/h4,7-12,17-18,21H,2-3,5-6,13-16H2,1H3. The van der Waals surface area contributed by atoms with E-state index in [4.69, 9.17) is 11.6 Å². The van der Waals surface area contributed by atoms with Gasteiger partial charge in [-0.3, -0.25) is 9.59 Å². The molecule has 182 valence electrons. The number of hydrogen-bond donors (Lipinski definition) is 0. The molecule has 1 aliphatic carbocycles. The average Bonchev–Trinajstić information content (AvgIpc) is 3.52. The average molecular weight is 494 g/mol. The summed E-state index contributed by atoms with van der Waals surface area (Å²) in [6, 6.07) is 15.6. The first-order valence-electron chi connectivity index (χ1n) is 12.2. The van der Waals surface area contributed by atoms with Gasteiger partial charge in [-0.25, -0.2) is 4.39 Å². The molecule has 0 spiro atoms. The van der Waals surface area contributed by atoms with Crippen LogP contribution < -0.4 is 0 Å². The molecule has 2 aliphatic rings. The van der Waals surface area contributed by atoms with Gasteiger partial charge in [0.05, 0.1) is 11.3 Å². The summed E-state index contributed by atoms with van der Waals surface area (Å²) < 4.78 is 16.0. The lowest BCUT2D eigenvalue weighted by molar-refractivity contribution is -0.136. The fraction of sp³-hybridized carbons (Fsp3) is 0.357. The Bertz CT molecular complexity index is 1240. The summed E-state index contributed by atoms with van der Waals surface area (Å²) in [5, 5.41) is 0.621. The van der Waals surface area contributed by atoms with Crippen LogP contribution in [0.2, 0.25) is 5.02 Å². The van der Waals surface area contributed by atoms with Crippen LogP contribution in [0.1, 0.15) is 41.7 Å². The minimum absolute atomic E-state index is 0.0687. The molecule has 5 nitrogen and oxygen atoms in total. The van der Waals surface area contributed by atoms with Gasteiger partial charge in [0.25, 0.3) is 5.91 Å². The lowest BCUT2D eigenvalue weighted by atomic mass is 10.1. The molecule has 1 saturated heterocycles. The van der Waals surface area contributed by atoms with Crippen molar-refractivity contribution < 1.29 is 14.0 Å². The highest BCUT2D eigenvalue weighted by atomic mass is 35.5. The lowest BCUT2D eigenvalue weighted by Gasteiger charge is -2.36. The Morgan fingerprint density at radius 3 is 2.23 bits per heavy atom. The highest BCUT2D eigenvalue weighted by Crippen LogP contribution is 2.32. The molecule has 2 fully saturated rings. The third-order valence-electron chi connectivity index (χ3n) is 7.27. The number of carbonyl (C=O) groups is 2. The van der Waals surface area contributed by atoms with E-state index in [-0.39, 0.29) is 23.5 Å². The summed E-state index contributed by atoms with van der Waals surface area (Å²) in [5.74, 6) is -0.00999. The molecular weight excluding hydrogens is 465 g/mol. The molecule has 2 aromatic carbocycles. The number of amides is 2. The monoisotopic (exact) mass is 493 g/mol. The highest BCUT2D eigenvalue weighted by Gasteiger charge is 2.32. The number of halogens is 2. The summed E-state index contributed by atoms with van der Waals surface area (Å²) in [7, 11) is 0. The maximum atomic E-state index is 14.1. The minimum Gasteiger partial charge on any atom is -0.339 e. The first-order valence-corrected chi connectivity index (χ1v) is 12.6. The molecule has 0 radical (unpaired) electrons. The second-order valence-corrected chi connectivity index (χ2v) is 9.89. The maximum absolute atomic E-state index is 14.1. The van der Waals surface area contributed by atoms with E-state index in [2.05, 4.69) is 0 Å². The Balaban J connectivity index is 1.43. The number of aromatic nitrogens is 1. The first kappa shape index (κ1) is 23.6. The third kappa shape index (κ3) is 4.72. The fourth-order valence-electron chi connectivity index (χ4n) is 5.34. The smallest absolute Gasteiger partial charge is 0.255 e. The van der Waals surface area contributed by atoms with Crippen LogP contribution in [0.5, 0.6) is 0 Å². The summed E-state index contributed by atoms with van der Waals surface area (Å²) >= 11 is 6.10. The summed E-state index contributed by atoms with van der Waals surface area (Å²) in [6.45, 7) is 4.04.